The summed E-state index contributed by atoms with van der Waals surface area (Å²) in [6.07, 6.45) is 0.857. The van der Waals surface area contributed by atoms with E-state index >= 15 is 0 Å². The minimum Gasteiger partial charge on any atom is -0.507 e. The number of rotatable bonds is 4. The zero-order chi connectivity index (χ0) is 24.0. The second kappa shape index (κ2) is 8.66. The molecule has 1 aromatic heterocycles. The standard InChI is InChI=1S/C26H18ClFN2O3S/c1-2-14-3-12-19-20(13-14)34-26(29-19)30-22(15-4-8-17(27)9-5-15)21(24(32)25(30)33)23(31)16-6-10-18(28)11-7-16/h3-13,22,31H,2H2,1H3/b23-21+. The van der Waals surface area contributed by atoms with Crippen LogP contribution in [0.15, 0.2) is 72.3 Å². The predicted octanol–water partition coefficient (Wildman–Crippen LogP) is 6.28. The highest BCUT2D eigenvalue weighted by Gasteiger charge is 2.48. The van der Waals surface area contributed by atoms with Crippen LogP contribution < -0.4 is 4.90 Å². The van der Waals surface area contributed by atoms with E-state index in [1.54, 1.807) is 24.3 Å². The predicted molar refractivity (Wildman–Crippen MR) is 132 cm³/mol. The molecule has 1 N–H and O–H groups in total. The van der Waals surface area contributed by atoms with E-state index < -0.39 is 23.5 Å². The number of anilines is 1. The molecule has 1 aliphatic heterocycles. The normalized spacial score (nSPS) is 17.6. The Labute approximate surface area is 203 Å². The quantitative estimate of drug-likeness (QED) is 0.207. The van der Waals surface area contributed by atoms with Crippen molar-refractivity contribution >= 4 is 55.7 Å². The summed E-state index contributed by atoms with van der Waals surface area (Å²) in [4.78, 5) is 32.4. The third-order valence-electron chi connectivity index (χ3n) is 5.80. The highest BCUT2D eigenvalue weighted by atomic mass is 35.5. The number of thiazole rings is 1. The van der Waals surface area contributed by atoms with Gasteiger partial charge in [0.15, 0.2) is 5.13 Å². The van der Waals surface area contributed by atoms with E-state index in [1.807, 2.05) is 18.2 Å². The number of benzene rings is 3. The number of hydrogen-bond acceptors (Lipinski definition) is 5. The molecular weight excluding hydrogens is 475 g/mol. The molecule has 4 aromatic rings. The van der Waals surface area contributed by atoms with Crippen molar-refractivity contribution < 1.29 is 19.1 Å². The van der Waals surface area contributed by atoms with Crippen molar-refractivity contribution in [2.45, 2.75) is 19.4 Å². The van der Waals surface area contributed by atoms with E-state index in [-0.39, 0.29) is 16.9 Å². The lowest BCUT2D eigenvalue weighted by atomic mass is 9.95. The lowest BCUT2D eigenvalue weighted by molar-refractivity contribution is -0.132. The number of aryl methyl sites for hydroxylation is 1. The van der Waals surface area contributed by atoms with Crippen LogP contribution in [0.3, 0.4) is 0 Å². The second-order valence-corrected chi connectivity index (χ2v) is 9.33. The van der Waals surface area contributed by atoms with Crippen LogP contribution in [-0.4, -0.2) is 21.8 Å². The molecule has 170 valence electrons. The maximum Gasteiger partial charge on any atom is 0.301 e. The van der Waals surface area contributed by atoms with Crippen molar-refractivity contribution in [2.24, 2.45) is 0 Å². The van der Waals surface area contributed by atoms with Crippen LogP contribution >= 0.6 is 22.9 Å². The zero-order valence-electron chi connectivity index (χ0n) is 18.0. The molecule has 1 atom stereocenters. The molecule has 1 saturated heterocycles. The summed E-state index contributed by atoms with van der Waals surface area (Å²) in [5.41, 5.74) is 2.58. The van der Waals surface area contributed by atoms with Crippen LogP contribution in [0, 0.1) is 5.82 Å². The molecule has 0 spiro atoms. The highest BCUT2D eigenvalue weighted by molar-refractivity contribution is 7.22. The maximum absolute atomic E-state index is 13.4. The minimum atomic E-state index is -0.923. The molecule has 0 saturated carbocycles. The van der Waals surface area contributed by atoms with Gasteiger partial charge in [0.2, 0.25) is 0 Å². The zero-order valence-corrected chi connectivity index (χ0v) is 19.5. The first-order chi connectivity index (χ1) is 16.4. The number of aliphatic hydroxyl groups excluding tert-OH is 1. The summed E-state index contributed by atoms with van der Waals surface area (Å²) >= 11 is 7.37. The Kier molecular flexibility index (Phi) is 5.67. The maximum atomic E-state index is 13.4. The fraction of sp³-hybridized carbons (Fsp3) is 0.115. The van der Waals surface area contributed by atoms with E-state index in [9.17, 15) is 19.1 Å². The third-order valence-corrected chi connectivity index (χ3v) is 7.07. The molecule has 8 heteroatoms. The Morgan fingerprint density at radius 2 is 1.79 bits per heavy atom. The van der Waals surface area contributed by atoms with Gasteiger partial charge in [0.1, 0.15) is 11.6 Å². The average Bonchev–Trinajstić information content (AvgIpc) is 3.37. The number of carbonyl (C=O) groups excluding carboxylic acids is 2. The van der Waals surface area contributed by atoms with Gasteiger partial charge in [-0.2, -0.15) is 0 Å². The Morgan fingerprint density at radius 1 is 1.09 bits per heavy atom. The van der Waals surface area contributed by atoms with Gasteiger partial charge < -0.3 is 5.11 Å². The molecule has 1 unspecified atom stereocenters. The van der Waals surface area contributed by atoms with E-state index in [0.29, 0.717) is 21.2 Å². The molecule has 0 radical (unpaired) electrons. The third kappa shape index (κ3) is 3.77. The van der Waals surface area contributed by atoms with Crippen molar-refractivity contribution in [2.75, 3.05) is 4.90 Å². The highest BCUT2D eigenvalue weighted by Crippen LogP contribution is 2.44. The molecule has 34 heavy (non-hydrogen) atoms. The van der Waals surface area contributed by atoms with Gasteiger partial charge in [0, 0.05) is 10.6 Å². The summed E-state index contributed by atoms with van der Waals surface area (Å²) < 4.78 is 14.3. The fourth-order valence-electron chi connectivity index (χ4n) is 4.03. The van der Waals surface area contributed by atoms with Crippen molar-refractivity contribution in [3.8, 4) is 0 Å². The van der Waals surface area contributed by atoms with Crippen molar-refractivity contribution in [1.29, 1.82) is 0 Å². The fourth-order valence-corrected chi connectivity index (χ4v) is 5.22. The molecule has 1 fully saturated rings. The monoisotopic (exact) mass is 492 g/mol. The number of halogens is 2. The first-order valence-electron chi connectivity index (χ1n) is 10.6. The first kappa shape index (κ1) is 22.3. The summed E-state index contributed by atoms with van der Waals surface area (Å²) in [6, 6.07) is 16.8. The first-order valence-corrected chi connectivity index (χ1v) is 11.8. The van der Waals surface area contributed by atoms with Crippen LogP contribution in [0.25, 0.3) is 16.0 Å². The van der Waals surface area contributed by atoms with Gasteiger partial charge in [-0.1, -0.05) is 48.1 Å². The summed E-state index contributed by atoms with van der Waals surface area (Å²) in [5.74, 6) is -2.49. The lowest BCUT2D eigenvalue weighted by Gasteiger charge is -2.23. The number of aliphatic hydroxyl groups is 1. The number of fused-ring (bicyclic) bond motifs is 1. The largest absolute Gasteiger partial charge is 0.507 e. The molecule has 2 heterocycles. The smallest absolute Gasteiger partial charge is 0.301 e. The van der Waals surface area contributed by atoms with Crippen molar-refractivity contribution in [3.05, 3.63) is 99.8 Å². The molecule has 1 aliphatic rings. The molecule has 5 rings (SSSR count). The molecular formula is C26H18ClFN2O3S. The van der Waals surface area contributed by atoms with Crippen LogP contribution in [-0.2, 0) is 16.0 Å². The summed E-state index contributed by atoms with van der Waals surface area (Å²) in [6.45, 7) is 2.05. The van der Waals surface area contributed by atoms with Crippen LogP contribution in [0.5, 0.6) is 0 Å². The number of hydrogen-bond donors (Lipinski definition) is 1. The topological polar surface area (TPSA) is 70.5 Å². The summed E-state index contributed by atoms with van der Waals surface area (Å²) in [7, 11) is 0. The lowest BCUT2D eigenvalue weighted by Crippen LogP contribution is -2.29. The second-order valence-electron chi connectivity index (χ2n) is 7.88. The Hall–Kier alpha value is -3.55. The van der Waals surface area contributed by atoms with E-state index in [1.165, 1.54) is 40.5 Å². The van der Waals surface area contributed by atoms with Crippen LogP contribution in [0.4, 0.5) is 9.52 Å². The van der Waals surface area contributed by atoms with Gasteiger partial charge in [-0.15, -0.1) is 0 Å². The minimum absolute atomic E-state index is 0.0903. The molecule has 5 nitrogen and oxygen atoms in total. The van der Waals surface area contributed by atoms with E-state index in [2.05, 4.69) is 11.9 Å². The molecule has 0 aliphatic carbocycles. The van der Waals surface area contributed by atoms with Gasteiger partial charge in [0.05, 0.1) is 21.8 Å². The number of carbonyl (C=O) groups is 2. The van der Waals surface area contributed by atoms with Crippen molar-refractivity contribution in [3.63, 3.8) is 0 Å². The number of aromatic nitrogens is 1. The van der Waals surface area contributed by atoms with Gasteiger partial charge in [0.25, 0.3) is 5.78 Å². The van der Waals surface area contributed by atoms with Crippen LogP contribution in [0.1, 0.15) is 29.7 Å². The number of ketones is 1. The van der Waals surface area contributed by atoms with Crippen molar-refractivity contribution in [1.82, 2.24) is 4.98 Å². The number of amides is 1. The Balaban J connectivity index is 1.71. The molecule has 3 aromatic carbocycles. The van der Waals surface area contributed by atoms with E-state index in [0.717, 1.165) is 16.7 Å². The Bertz CT molecular complexity index is 1460. The molecule has 1 amide bonds. The van der Waals surface area contributed by atoms with E-state index in [4.69, 9.17) is 11.6 Å². The molecule has 0 bridgehead atoms. The number of Topliss-reactive ketones (excluding diaryl/α,β-unsaturated/α-hetero) is 1. The number of nitrogens with zero attached hydrogens (tertiary/aromatic N) is 2. The Morgan fingerprint density at radius 3 is 2.47 bits per heavy atom. The average molecular weight is 493 g/mol. The SMILES string of the molecule is CCc1ccc2nc(N3C(=O)C(=O)/C(=C(/O)c4ccc(F)cc4)C3c3ccc(Cl)cc3)sc2c1. The van der Waals surface area contributed by atoms with Gasteiger partial charge in [-0.25, -0.2) is 9.37 Å². The van der Waals surface area contributed by atoms with Gasteiger partial charge in [-0.3, -0.25) is 14.5 Å². The van der Waals surface area contributed by atoms with Crippen LogP contribution in [0.2, 0.25) is 5.02 Å². The van der Waals surface area contributed by atoms with Gasteiger partial charge >= 0.3 is 5.91 Å². The summed E-state index contributed by atoms with van der Waals surface area (Å²) in [5, 5.41) is 11.9. The van der Waals surface area contributed by atoms with Gasteiger partial charge in [-0.05, 0) is 66.1 Å².